The van der Waals surface area contributed by atoms with E-state index >= 15 is 0 Å². The molecule has 0 bridgehead atoms. The van der Waals surface area contributed by atoms with Crippen molar-refractivity contribution in [2.75, 3.05) is 6.61 Å². The van der Waals surface area contributed by atoms with Crippen molar-refractivity contribution in [3.63, 3.8) is 0 Å². The lowest BCUT2D eigenvalue weighted by molar-refractivity contribution is -0.219. The van der Waals surface area contributed by atoms with E-state index in [1.807, 2.05) is 0 Å². The van der Waals surface area contributed by atoms with Gasteiger partial charge in [-0.25, -0.2) is 0 Å². The quantitative estimate of drug-likeness (QED) is 0.355. The molecule has 140 valence electrons. The Kier molecular flexibility index (Phi) is 7.49. The first-order valence-electron chi connectivity index (χ1n) is 7.51. The van der Waals surface area contributed by atoms with E-state index < -0.39 is 54.3 Å². The predicted octanol–water partition coefficient (Wildman–Crippen LogP) is -1.12. The molecule has 0 aromatic rings. The normalized spacial score (nSPS) is 28.4. The monoisotopic (exact) mass is 359 g/mol. The van der Waals surface area contributed by atoms with Gasteiger partial charge in [0.15, 0.2) is 18.5 Å². The topological polar surface area (TPSA) is 134 Å². The Hall–Kier alpha value is -2.49. The van der Waals surface area contributed by atoms with Gasteiger partial charge in [0, 0.05) is 27.7 Å². The molecule has 1 amide bonds. The molecule has 0 unspecified atom stereocenters. The van der Waals surface area contributed by atoms with Crippen LogP contribution in [0.3, 0.4) is 0 Å². The molecule has 1 aliphatic rings. The summed E-state index contributed by atoms with van der Waals surface area (Å²) in [5.74, 6) is -2.53. The Balaban J connectivity index is 3.20. The SMILES string of the molecule is CC(=O)N[C@H]1[C@@H](OC(C)=O)[C@@H](OC(C)=O)[C@@H](COC(C)=O)O[C@H]1C=O. The lowest BCUT2D eigenvalue weighted by Gasteiger charge is -2.43. The molecule has 1 heterocycles. The van der Waals surface area contributed by atoms with Crippen molar-refractivity contribution in [2.45, 2.75) is 58.2 Å². The minimum Gasteiger partial charge on any atom is -0.463 e. The summed E-state index contributed by atoms with van der Waals surface area (Å²) in [5.41, 5.74) is 0. The molecule has 0 saturated carbocycles. The molecule has 1 fully saturated rings. The zero-order valence-electron chi connectivity index (χ0n) is 14.3. The van der Waals surface area contributed by atoms with Crippen molar-refractivity contribution in [3.05, 3.63) is 0 Å². The smallest absolute Gasteiger partial charge is 0.303 e. The number of amides is 1. The number of hydrogen-bond acceptors (Lipinski definition) is 9. The number of hydrogen-bond donors (Lipinski definition) is 1. The van der Waals surface area contributed by atoms with E-state index in [1.54, 1.807) is 0 Å². The maximum atomic E-state index is 11.5. The van der Waals surface area contributed by atoms with E-state index in [-0.39, 0.29) is 6.61 Å². The highest BCUT2D eigenvalue weighted by atomic mass is 16.6. The van der Waals surface area contributed by atoms with Gasteiger partial charge >= 0.3 is 17.9 Å². The average Bonchev–Trinajstić information content (AvgIpc) is 2.48. The van der Waals surface area contributed by atoms with Crippen LogP contribution in [0.1, 0.15) is 27.7 Å². The zero-order valence-corrected chi connectivity index (χ0v) is 14.3. The molecule has 0 aliphatic carbocycles. The van der Waals surface area contributed by atoms with Gasteiger partial charge in [-0.3, -0.25) is 19.2 Å². The fraction of sp³-hybridized carbons (Fsp3) is 0.667. The number of aldehydes is 1. The molecule has 10 nitrogen and oxygen atoms in total. The lowest BCUT2D eigenvalue weighted by Crippen LogP contribution is -2.66. The lowest BCUT2D eigenvalue weighted by atomic mass is 9.92. The summed E-state index contributed by atoms with van der Waals surface area (Å²) in [6, 6.07) is -1.07. The maximum absolute atomic E-state index is 11.5. The molecule has 0 radical (unpaired) electrons. The van der Waals surface area contributed by atoms with E-state index in [9.17, 15) is 24.0 Å². The van der Waals surface area contributed by atoms with Gasteiger partial charge in [0.1, 0.15) is 24.9 Å². The van der Waals surface area contributed by atoms with Crippen molar-refractivity contribution in [1.82, 2.24) is 5.32 Å². The Morgan fingerprint density at radius 3 is 1.96 bits per heavy atom. The van der Waals surface area contributed by atoms with Crippen molar-refractivity contribution in [3.8, 4) is 0 Å². The first-order chi connectivity index (χ1) is 11.6. The Bertz CT molecular complexity index is 547. The van der Waals surface area contributed by atoms with Crippen molar-refractivity contribution < 1.29 is 42.9 Å². The molecule has 10 heteroatoms. The van der Waals surface area contributed by atoms with Gasteiger partial charge in [-0.1, -0.05) is 0 Å². The summed E-state index contributed by atoms with van der Waals surface area (Å²) < 4.78 is 20.7. The van der Waals surface area contributed by atoms with Crippen LogP contribution in [0, 0.1) is 0 Å². The van der Waals surface area contributed by atoms with Gasteiger partial charge in [0.05, 0.1) is 0 Å². The number of carbonyl (C=O) groups excluding carboxylic acids is 5. The van der Waals surface area contributed by atoms with E-state index in [4.69, 9.17) is 18.9 Å². The van der Waals surface area contributed by atoms with Gasteiger partial charge in [-0.15, -0.1) is 0 Å². The van der Waals surface area contributed by atoms with E-state index in [1.165, 1.54) is 13.8 Å². The van der Waals surface area contributed by atoms with Crippen LogP contribution in [-0.2, 0) is 42.9 Å². The minimum atomic E-state index is -1.20. The number of carbonyl (C=O) groups is 5. The standard InChI is InChI=1S/C15H21NO9/c1-7(18)16-13-11(5-17)25-12(6-22-8(2)19)14(23-9(3)20)15(13)24-10(4)21/h5,11-15H,6H2,1-4H3,(H,16,18)/t11-,12+,13+,14-,15+/m0/s1. The molecular formula is C15H21NO9. The Morgan fingerprint density at radius 2 is 1.52 bits per heavy atom. The van der Waals surface area contributed by atoms with Crippen LogP contribution in [0.4, 0.5) is 0 Å². The number of ether oxygens (including phenoxy) is 4. The predicted molar refractivity (Wildman–Crippen MR) is 80.1 cm³/mol. The molecule has 0 aromatic carbocycles. The maximum Gasteiger partial charge on any atom is 0.303 e. The molecule has 25 heavy (non-hydrogen) atoms. The third kappa shape index (κ3) is 6.14. The molecular weight excluding hydrogens is 338 g/mol. The Morgan fingerprint density at radius 1 is 0.960 bits per heavy atom. The fourth-order valence-electron chi connectivity index (χ4n) is 2.48. The summed E-state index contributed by atoms with van der Waals surface area (Å²) in [5, 5.41) is 2.46. The molecule has 0 aromatic heterocycles. The van der Waals surface area contributed by atoms with Gasteiger partial charge in [-0.05, 0) is 0 Å². The second kappa shape index (κ2) is 9.11. The van der Waals surface area contributed by atoms with Crippen LogP contribution in [0.15, 0.2) is 0 Å². The molecule has 1 rings (SSSR count). The molecule has 1 N–H and O–H groups in total. The first-order valence-corrected chi connectivity index (χ1v) is 7.51. The molecule has 0 spiro atoms. The van der Waals surface area contributed by atoms with Gasteiger partial charge < -0.3 is 29.1 Å². The second-order valence-corrected chi connectivity index (χ2v) is 5.45. The summed E-state index contributed by atoms with van der Waals surface area (Å²) in [6.07, 6.45) is -4.22. The van der Waals surface area contributed by atoms with E-state index in [0.29, 0.717) is 6.29 Å². The largest absolute Gasteiger partial charge is 0.463 e. The van der Waals surface area contributed by atoms with Crippen LogP contribution in [0.5, 0.6) is 0 Å². The summed E-state index contributed by atoms with van der Waals surface area (Å²) in [6.45, 7) is 4.31. The third-order valence-electron chi connectivity index (χ3n) is 3.29. The summed E-state index contributed by atoms with van der Waals surface area (Å²) in [7, 11) is 0. The Labute approximate surface area is 144 Å². The molecule has 5 atom stereocenters. The van der Waals surface area contributed by atoms with Crippen LogP contribution in [0.2, 0.25) is 0 Å². The number of rotatable bonds is 6. The fourth-order valence-corrected chi connectivity index (χ4v) is 2.48. The highest BCUT2D eigenvalue weighted by molar-refractivity contribution is 5.75. The van der Waals surface area contributed by atoms with Gasteiger partial charge in [0.2, 0.25) is 5.91 Å². The first kappa shape index (κ1) is 20.6. The van der Waals surface area contributed by atoms with Crippen LogP contribution < -0.4 is 5.32 Å². The third-order valence-corrected chi connectivity index (χ3v) is 3.29. The number of esters is 3. The second-order valence-electron chi connectivity index (χ2n) is 5.45. The minimum absolute atomic E-state index is 0.331. The van der Waals surface area contributed by atoms with E-state index in [2.05, 4.69) is 5.32 Å². The van der Waals surface area contributed by atoms with Gasteiger partial charge in [0.25, 0.3) is 0 Å². The van der Waals surface area contributed by atoms with Gasteiger partial charge in [-0.2, -0.15) is 0 Å². The van der Waals surface area contributed by atoms with Crippen LogP contribution in [-0.4, -0.2) is 67.2 Å². The van der Waals surface area contributed by atoms with Crippen molar-refractivity contribution in [2.24, 2.45) is 0 Å². The summed E-state index contributed by atoms with van der Waals surface area (Å²) >= 11 is 0. The highest BCUT2D eigenvalue weighted by Crippen LogP contribution is 2.26. The van der Waals surface area contributed by atoms with Crippen LogP contribution >= 0.6 is 0 Å². The average molecular weight is 359 g/mol. The van der Waals surface area contributed by atoms with Crippen molar-refractivity contribution in [1.29, 1.82) is 0 Å². The van der Waals surface area contributed by atoms with E-state index in [0.717, 1.165) is 13.8 Å². The number of nitrogens with one attached hydrogen (secondary N) is 1. The molecule has 1 saturated heterocycles. The van der Waals surface area contributed by atoms with Crippen LogP contribution in [0.25, 0.3) is 0 Å². The van der Waals surface area contributed by atoms with Crippen molar-refractivity contribution >= 4 is 30.1 Å². The highest BCUT2D eigenvalue weighted by Gasteiger charge is 2.50. The summed E-state index contributed by atoms with van der Waals surface area (Å²) in [4.78, 5) is 56.7. The zero-order chi connectivity index (χ0) is 19.1. The molecule has 1 aliphatic heterocycles.